The Balaban J connectivity index is 1.78. The number of allylic oxidation sites excluding steroid dienone is 1. The highest BCUT2D eigenvalue weighted by Crippen LogP contribution is 2.53. The Bertz CT molecular complexity index is 359. The first-order valence-corrected chi connectivity index (χ1v) is 6.14. The summed E-state index contributed by atoms with van der Waals surface area (Å²) in [5.41, 5.74) is 12.8. The predicted octanol–water partition coefficient (Wildman–Crippen LogP) is 0.365. The quantitative estimate of drug-likeness (QED) is 0.602. The van der Waals surface area contributed by atoms with Gasteiger partial charge in [0.25, 0.3) is 0 Å². The molecule has 3 aliphatic rings. The van der Waals surface area contributed by atoms with E-state index in [2.05, 4.69) is 4.99 Å². The summed E-state index contributed by atoms with van der Waals surface area (Å²) in [5.74, 6) is 1.72. The van der Waals surface area contributed by atoms with Crippen LogP contribution in [0, 0.1) is 17.8 Å². The van der Waals surface area contributed by atoms with Crippen LogP contribution < -0.4 is 11.5 Å². The fourth-order valence-electron chi connectivity index (χ4n) is 2.86. The Morgan fingerprint density at radius 1 is 1.31 bits per heavy atom. The van der Waals surface area contributed by atoms with Crippen LogP contribution in [-0.4, -0.2) is 23.0 Å². The summed E-state index contributed by atoms with van der Waals surface area (Å²) < 4.78 is 0. The number of aliphatic hydroxyl groups is 1. The maximum Gasteiger partial charge on any atom is 0.0794 e. The van der Waals surface area contributed by atoms with Gasteiger partial charge in [-0.25, -0.2) is 0 Å². The second kappa shape index (κ2) is 3.48. The minimum atomic E-state index is -0.246. The number of nitrogens with two attached hydrogens (primary N) is 2. The van der Waals surface area contributed by atoms with Crippen LogP contribution in [0.4, 0.5) is 0 Å². The van der Waals surface area contributed by atoms with Crippen LogP contribution in [0.3, 0.4) is 0 Å². The molecule has 4 heteroatoms. The lowest BCUT2D eigenvalue weighted by Crippen LogP contribution is -2.25. The van der Waals surface area contributed by atoms with Gasteiger partial charge in [-0.05, 0) is 37.5 Å². The lowest BCUT2D eigenvalue weighted by Gasteiger charge is -2.15. The van der Waals surface area contributed by atoms with E-state index in [1.54, 1.807) is 0 Å². The number of fused-ring (bicyclic) bond motifs is 1. The van der Waals surface area contributed by atoms with Gasteiger partial charge in [-0.15, -0.1) is 0 Å². The highest BCUT2D eigenvalue weighted by Gasteiger charge is 2.53. The Morgan fingerprint density at radius 3 is 2.56 bits per heavy atom. The van der Waals surface area contributed by atoms with Gasteiger partial charge >= 0.3 is 0 Å². The molecule has 0 spiro atoms. The monoisotopic (exact) mass is 221 g/mol. The topological polar surface area (TPSA) is 84.6 Å². The van der Waals surface area contributed by atoms with Crippen LogP contribution in [0.5, 0.6) is 0 Å². The molecule has 3 fully saturated rings. The first-order chi connectivity index (χ1) is 7.70. The van der Waals surface area contributed by atoms with Crippen molar-refractivity contribution in [3.05, 3.63) is 11.9 Å². The van der Waals surface area contributed by atoms with Crippen molar-refractivity contribution in [2.75, 3.05) is 0 Å². The zero-order valence-corrected chi connectivity index (χ0v) is 9.34. The van der Waals surface area contributed by atoms with E-state index < -0.39 is 0 Å². The summed E-state index contributed by atoms with van der Waals surface area (Å²) in [6.45, 7) is 0. The van der Waals surface area contributed by atoms with E-state index >= 15 is 0 Å². The van der Waals surface area contributed by atoms with E-state index in [-0.39, 0.29) is 12.1 Å². The fourth-order valence-corrected chi connectivity index (χ4v) is 2.86. The van der Waals surface area contributed by atoms with Gasteiger partial charge in [0.1, 0.15) is 0 Å². The lowest BCUT2D eigenvalue weighted by atomic mass is 10.1. The zero-order chi connectivity index (χ0) is 11.3. The van der Waals surface area contributed by atoms with Crippen LogP contribution in [-0.2, 0) is 0 Å². The first-order valence-electron chi connectivity index (χ1n) is 6.14. The number of rotatable bonds is 3. The summed E-state index contributed by atoms with van der Waals surface area (Å²) in [4.78, 5) is 4.66. The lowest BCUT2D eigenvalue weighted by molar-refractivity contribution is 0.142. The van der Waals surface area contributed by atoms with E-state index in [0.29, 0.717) is 23.5 Å². The maximum atomic E-state index is 10.0. The number of nitrogens with zero attached hydrogens (tertiary/aromatic N) is 1. The third kappa shape index (κ3) is 1.61. The number of hydrogen-bond acceptors (Lipinski definition) is 4. The molecule has 5 N–H and O–H groups in total. The fraction of sp³-hybridized carbons (Fsp3) is 0.750. The van der Waals surface area contributed by atoms with E-state index in [1.807, 2.05) is 0 Å². The molecule has 4 atom stereocenters. The van der Waals surface area contributed by atoms with Crippen molar-refractivity contribution >= 4 is 5.71 Å². The average Bonchev–Trinajstić information content (AvgIpc) is 3.16. The highest BCUT2D eigenvalue weighted by molar-refractivity contribution is 6.02. The maximum absolute atomic E-state index is 10.0. The molecule has 3 saturated carbocycles. The van der Waals surface area contributed by atoms with Gasteiger partial charge < -0.3 is 16.6 Å². The van der Waals surface area contributed by atoms with Crippen molar-refractivity contribution in [1.29, 1.82) is 0 Å². The molecule has 3 aliphatic carbocycles. The van der Waals surface area contributed by atoms with Crippen molar-refractivity contribution < 1.29 is 5.11 Å². The molecule has 0 radical (unpaired) electrons. The molecule has 88 valence electrons. The third-order valence-corrected chi connectivity index (χ3v) is 4.10. The van der Waals surface area contributed by atoms with Crippen molar-refractivity contribution in [2.24, 2.45) is 34.2 Å². The Labute approximate surface area is 95.4 Å². The molecule has 0 saturated heterocycles. The normalized spacial score (nSPS) is 43.3. The summed E-state index contributed by atoms with van der Waals surface area (Å²) in [6, 6.07) is 0.0675. The van der Waals surface area contributed by atoms with E-state index in [9.17, 15) is 5.11 Å². The average molecular weight is 221 g/mol. The zero-order valence-electron chi connectivity index (χ0n) is 9.34. The molecule has 0 aromatic carbocycles. The molecular weight excluding hydrogens is 202 g/mol. The van der Waals surface area contributed by atoms with Gasteiger partial charge in [0, 0.05) is 12.1 Å². The molecule has 0 aromatic heterocycles. The van der Waals surface area contributed by atoms with E-state index in [0.717, 1.165) is 25.0 Å². The standard InChI is InChI=1S/C12H19N3O/c13-5-9(14)11(6-1-2-6)15-10-4-7-3-8(7)12(10)16/h5-8,10,12,16H,1-4,13-14H2. The molecule has 0 amide bonds. The Hall–Kier alpha value is -1.03. The second-order valence-corrected chi connectivity index (χ2v) is 5.36. The van der Waals surface area contributed by atoms with Crippen molar-refractivity contribution in [3.63, 3.8) is 0 Å². The first kappa shape index (κ1) is 10.1. The van der Waals surface area contributed by atoms with Crippen molar-refractivity contribution in [3.8, 4) is 0 Å². The molecular formula is C12H19N3O. The minimum Gasteiger partial charge on any atom is -0.403 e. The summed E-state index contributed by atoms with van der Waals surface area (Å²) >= 11 is 0. The van der Waals surface area contributed by atoms with E-state index in [1.165, 1.54) is 12.6 Å². The third-order valence-electron chi connectivity index (χ3n) is 4.10. The van der Waals surface area contributed by atoms with E-state index in [4.69, 9.17) is 11.5 Å². The van der Waals surface area contributed by atoms with Crippen LogP contribution in [0.15, 0.2) is 16.9 Å². The molecule has 4 unspecified atom stereocenters. The minimum absolute atomic E-state index is 0.0675. The molecule has 3 rings (SSSR count). The summed E-state index contributed by atoms with van der Waals surface area (Å²) in [5, 5.41) is 10.0. The number of hydrogen-bond donors (Lipinski definition) is 3. The molecule has 4 nitrogen and oxygen atoms in total. The Kier molecular flexibility index (Phi) is 2.21. The molecule has 0 aromatic rings. The van der Waals surface area contributed by atoms with Gasteiger partial charge in [-0.3, -0.25) is 4.99 Å². The molecule has 0 heterocycles. The largest absolute Gasteiger partial charge is 0.403 e. The van der Waals surface area contributed by atoms with Crippen molar-refractivity contribution in [1.82, 2.24) is 0 Å². The number of aliphatic hydroxyl groups excluding tert-OH is 1. The van der Waals surface area contributed by atoms with Crippen molar-refractivity contribution in [2.45, 2.75) is 37.8 Å². The second-order valence-electron chi connectivity index (χ2n) is 5.36. The van der Waals surface area contributed by atoms with Crippen LogP contribution in [0.25, 0.3) is 0 Å². The SMILES string of the molecule is NC=C(N)C(=NC1CC2CC2C1O)C1CC1. The predicted molar refractivity (Wildman–Crippen MR) is 62.6 cm³/mol. The highest BCUT2D eigenvalue weighted by atomic mass is 16.3. The van der Waals surface area contributed by atoms with Crippen LogP contribution in [0.1, 0.15) is 25.7 Å². The van der Waals surface area contributed by atoms with Gasteiger partial charge in [0.05, 0.1) is 23.6 Å². The van der Waals surface area contributed by atoms with Gasteiger partial charge in [-0.2, -0.15) is 0 Å². The summed E-state index contributed by atoms with van der Waals surface area (Å²) in [6.07, 6.45) is 5.71. The van der Waals surface area contributed by atoms with Gasteiger partial charge in [0.2, 0.25) is 0 Å². The van der Waals surface area contributed by atoms with Crippen LogP contribution >= 0.6 is 0 Å². The molecule has 16 heavy (non-hydrogen) atoms. The molecule has 0 bridgehead atoms. The summed E-state index contributed by atoms with van der Waals surface area (Å²) in [7, 11) is 0. The Morgan fingerprint density at radius 2 is 2.06 bits per heavy atom. The van der Waals surface area contributed by atoms with Gasteiger partial charge in [0.15, 0.2) is 0 Å². The number of aliphatic imine (C=N–C) groups is 1. The van der Waals surface area contributed by atoms with Gasteiger partial charge in [-0.1, -0.05) is 0 Å². The smallest absolute Gasteiger partial charge is 0.0794 e. The van der Waals surface area contributed by atoms with Crippen LogP contribution in [0.2, 0.25) is 0 Å². The molecule has 0 aliphatic heterocycles.